The third-order valence-corrected chi connectivity index (χ3v) is 4.20. The second-order valence-electron chi connectivity index (χ2n) is 5.77. The lowest BCUT2D eigenvalue weighted by Crippen LogP contribution is -2.48. The molecule has 1 atom stereocenters. The fourth-order valence-corrected chi connectivity index (χ4v) is 2.72. The largest absolute Gasteiger partial charge is 0.484 e. The first kappa shape index (κ1) is 15.6. The van der Waals surface area contributed by atoms with Gasteiger partial charge in [-0.1, -0.05) is 11.6 Å². The van der Waals surface area contributed by atoms with Gasteiger partial charge in [0, 0.05) is 30.7 Å². The molecule has 3 rings (SSSR count). The number of ether oxygens (including phenoxy) is 2. The van der Waals surface area contributed by atoms with Crippen molar-refractivity contribution in [2.24, 2.45) is 0 Å². The van der Waals surface area contributed by atoms with E-state index in [0.29, 0.717) is 17.3 Å². The molecule has 2 fully saturated rings. The average molecular weight is 325 g/mol. The van der Waals surface area contributed by atoms with Crippen molar-refractivity contribution in [1.82, 2.24) is 10.2 Å². The van der Waals surface area contributed by atoms with Gasteiger partial charge in [-0.15, -0.1) is 0 Å². The SMILES string of the molecule is O=C(COc1ccc(Cl)cc1)NCC1CN(C2CC2)CCO1. The molecule has 1 amide bonds. The van der Waals surface area contributed by atoms with Crippen LogP contribution in [0.4, 0.5) is 0 Å². The quantitative estimate of drug-likeness (QED) is 0.865. The number of morpholine rings is 1. The van der Waals surface area contributed by atoms with E-state index in [1.165, 1.54) is 12.8 Å². The van der Waals surface area contributed by atoms with Crippen LogP contribution in [-0.4, -0.2) is 55.8 Å². The van der Waals surface area contributed by atoms with E-state index in [1.54, 1.807) is 24.3 Å². The highest BCUT2D eigenvalue weighted by molar-refractivity contribution is 6.30. The molecule has 120 valence electrons. The predicted molar refractivity (Wildman–Crippen MR) is 84.3 cm³/mol. The lowest BCUT2D eigenvalue weighted by molar-refractivity contribution is -0.124. The van der Waals surface area contributed by atoms with Gasteiger partial charge in [-0.3, -0.25) is 9.69 Å². The zero-order chi connectivity index (χ0) is 15.4. The maximum absolute atomic E-state index is 11.8. The Kier molecular flexibility index (Phi) is 5.18. The number of benzene rings is 1. The van der Waals surface area contributed by atoms with E-state index in [9.17, 15) is 4.79 Å². The molecule has 0 spiro atoms. The van der Waals surface area contributed by atoms with Crippen molar-refractivity contribution >= 4 is 17.5 Å². The Hall–Kier alpha value is -1.30. The lowest BCUT2D eigenvalue weighted by Gasteiger charge is -2.33. The third-order valence-electron chi connectivity index (χ3n) is 3.94. The van der Waals surface area contributed by atoms with Crippen LogP contribution < -0.4 is 10.1 Å². The highest BCUT2D eigenvalue weighted by atomic mass is 35.5. The van der Waals surface area contributed by atoms with E-state index in [2.05, 4.69) is 10.2 Å². The summed E-state index contributed by atoms with van der Waals surface area (Å²) in [7, 11) is 0. The summed E-state index contributed by atoms with van der Waals surface area (Å²) in [5.74, 6) is 0.496. The van der Waals surface area contributed by atoms with E-state index >= 15 is 0 Å². The van der Waals surface area contributed by atoms with Gasteiger partial charge < -0.3 is 14.8 Å². The van der Waals surface area contributed by atoms with Gasteiger partial charge in [0.05, 0.1) is 12.7 Å². The lowest BCUT2D eigenvalue weighted by atomic mass is 10.2. The molecule has 0 aromatic heterocycles. The summed E-state index contributed by atoms with van der Waals surface area (Å²) in [6.07, 6.45) is 2.68. The van der Waals surface area contributed by atoms with E-state index < -0.39 is 0 Å². The Labute approximate surface area is 135 Å². The number of rotatable bonds is 6. The first-order valence-electron chi connectivity index (χ1n) is 7.71. The zero-order valence-electron chi connectivity index (χ0n) is 12.5. The van der Waals surface area contributed by atoms with Gasteiger partial charge in [0.15, 0.2) is 6.61 Å². The number of nitrogens with one attached hydrogen (secondary N) is 1. The Balaban J connectivity index is 1.35. The predicted octanol–water partition coefficient (Wildman–Crippen LogP) is 1.70. The number of hydrogen-bond acceptors (Lipinski definition) is 4. The molecule has 1 heterocycles. The first-order valence-corrected chi connectivity index (χ1v) is 8.09. The molecule has 0 bridgehead atoms. The Morgan fingerprint density at radius 1 is 1.36 bits per heavy atom. The molecule has 2 aliphatic rings. The minimum absolute atomic E-state index is 0.000686. The second-order valence-corrected chi connectivity index (χ2v) is 6.20. The summed E-state index contributed by atoms with van der Waals surface area (Å²) >= 11 is 5.80. The topological polar surface area (TPSA) is 50.8 Å². The molecule has 1 aliphatic carbocycles. The molecule has 22 heavy (non-hydrogen) atoms. The van der Waals surface area contributed by atoms with Crippen LogP contribution in [0.2, 0.25) is 5.02 Å². The van der Waals surface area contributed by atoms with Crippen molar-refractivity contribution in [3.63, 3.8) is 0 Å². The van der Waals surface area contributed by atoms with E-state index in [0.717, 1.165) is 25.7 Å². The highest BCUT2D eigenvalue weighted by Crippen LogP contribution is 2.28. The molecule has 5 nitrogen and oxygen atoms in total. The molecule has 1 N–H and O–H groups in total. The standard InChI is InChI=1S/C16H21ClN2O3/c17-12-1-5-14(6-2-12)22-11-16(20)18-9-15-10-19(7-8-21-15)13-3-4-13/h1-2,5-6,13,15H,3-4,7-11H2,(H,18,20). The van der Waals surface area contributed by atoms with Crippen LogP contribution in [0.15, 0.2) is 24.3 Å². The average Bonchev–Trinajstić information content (AvgIpc) is 3.37. The number of halogens is 1. The Bertz CT molecular complexity index is 505. The Morgan fingerprint density at radius 2 is 2.14 bits per heavy atom. The van der Waals surface area contributed by atoms with Crippen LogP contribution in [0.1, 0.15) is 12.8 Å². The van der Waals surface area contributed by atoms with Crippen LogP contribution in [0.5, 0.6) is 5.75 Å². The fraction of sp³-hybridized carbons (Fsp3) is 0.562. The molecule has 6 heteroatoms. The summed E-state index contributed by atoms with van der Waals surface area (Å²) in [5.41, 5.74) is 0. The maximum atomic E-state index is 11.8. The smallest absolute Gasteiger partial charge is 0.258 e. The fourth-order valence-electron chi connectivity index (χ4n) is 2.60. The zero-order valence-corrected chi connectivity index (χ0v) is 13.2. The minimum Gasteiger partial charge on any atom is -0.484 e. The molecular weight excluding hydrogens is 304 g/mol. The van der Waals surface area contributed by atoms with Crippen molar-refractivity contribution < 1.29 is 14.3 Å². The summed E-state index contributed by atoms with van der Waals surface area (Å²) in [4.78, 5) is 14.3. The number of nitrogens with zero attached hydrogens (tertiary/aromatic N) is 1. The first-order chi connectivity index (χ1) is 10.7. The summed E-state index contributed by atoms with van der Waals surface area (Å²) in [6.45, 7) is 3.20. The highest BCUT2D eigenvalue weighted by Gasteiger charge is 2.32. The van der Waals surface area contributed by atoms with Crippen molar-refractivity contribution in [3.8, 4) is 5.75 Å². The number of carbonyl (C=O) groups is 1. The van der Waals surface area contributed by atoms with Crippen molar-refractivity contribution in [2.45, 2.75) is 25.0 Å². The monoisotopic (exact) mass is 324 g/mol. The van der Waals surface area contributed by atoms with E-state index in [4.69, 9.17) is 21.1 Å². The molecule has 1 unspecified atom stereocenters. The molecule has 1 saturated heterocycles. The van der Waals surface area contributed by atoms with Crippen molar-refractivity contribution in [2.75, 3.05) is 32.8 Å². The van der Waals surface area contributed by atoms with Gasteiger partial charge in [-0.25, -0.2) is 0 Å². The van der Waals surface area contributed by atoms with Gasteiger partial charge >= 0.3 is 0 Å². The van der Waals surface area contributed by atoms with Crippen LogP contribution in [0.3, 0.4) is 0 Å². The summed E-state index contributed by atoms with van der Waals surface area (Å²) < 4.78 is 11.1. The van der Waals surface area contributed by atoms with Crippen LogP contribution in [0.25, 0.3) is 0 Å². The van der Waals surface area contributed by atoms with E-state index in [-0.39, 0.29) is 18.6 Å². The van der Waals surface area contributed by atoms with Crippen LogP contribution in [-0.2, 0) is 9.53 Å². The van der Waals surface area contributed by atoms with Gasteiger partial charge in [0.1, 0.15) is 5.75 Å². The van der Waals surface area contributed by atoms with Crippen LogP contribution in [0, 0.1) is 0 Å². The second kappa shape index (κ2) is 7.31. The van der Waals surface area contributed by atoms with E-state index in [1.807, 2.05) is 0 Å². The summed E-state index contributed by atoms with van der Waals surface area (Å²) in [5, 5.41) is 3.52. The van der Waals surface area contributed by atoms with Gasteiger partial charge in [0.25, 0.3) is 5.91 Å². The van der Waals surface area contributed by atoms with Crippen molar-refractivity contribution in [3.05, 3.63) is 29.3 Å². The molecule has 1 aromatic rings. The number of hydrogen-bond donors (Lipinski definition) is 1. The number of carbonyl (C=O) groups excluding carboxylic acids is 1. The normalized spacial score (nSPS) is 22.3. The van der Waals surface area contributed by atoms with Gasteiger partial charge in [-0.05, 0) is 37.1 Å². The minimum atomic E-state index is -0.137. The maximum Gasteiger partial charge on any atom is 0.258 e. The molecule has 1 aromatic carbocycles. The summed E-state index contributed by atoms with van der Waals surface area (Å²) in [6, 6.07) is 7.70. The molecular formula is C16H21ClN2O3. The molecule has 0 radical (unpaired) electrons. The van der Waals surface area contributed by atoms with Crippen molar-refractivity contribution in [1.29, 1.82) is 0 Å². The molecule has 1 aliphatic heterocycles. The Morgan fingerprint density at radius 3 is 2.86 bits per heavy atom. The van der Waals surface area contributed by atoms with Crippen LogP contribution >= 0.6 is 11.6 Å². The number of amides is 1. The van der Waals surface area contributed by atoms with Gasteiger partial charge in [0.2, 0.25) is 0 Å². The molecule has 1 saturated carbocycles. The van der Waals surface area contributed by atoms with Gasteiger partial charge in [-0.2, -0.15) is 0 Å². The third kappa shape index (κ3) is 4.60.